The summed E-state index contributed by atoms with van der Waals surface area (Å²) in [5, 5.41) is 4.26. The standard InChI is InChI=1S/C23H33N3OS/c1-15-3-4-21(27-2)20(9-15)24-23(28)26-7-5-25(6-8-26)22-18-11-16-10-17(13-18)14-19(22)12-16/h3-4,9,16-19,22H,5-8,10-14H2,1-2H3,(H,24,28). The largest absolute Gasteiger partial charge is 0.495 e. The number of ether oxygens (including phenoxy) is 1. The molecule has 5 aliphatic rings. The second-order valence-electron chi connectivity index (χ2n) is 9.58. The summed E-state index contributed by atoms with van der Waals surface area (Å²) < 4.78 is 5.49. The Labute approximate surface area is 174 Å². The zero-order valence-electron chi connectivity index (χ0n) is 17.2. The van der Waals surface area contributed by atoms with Gasteiger partial charge in [-0.15, -0.1) is 0 Å². The van der Waals surface area contributed by atoms with Crippen LogP contribution in [0.25, 0.3) is 0 Å². The highest BCUT2D eigenvalue weighted by atomic mass is 32.1. The number of rotatable bonds is 3. The van der Waals surface area contributed by atoms with Crippen LogP contribution in [0, 0.1) is 30.6 Å². The van der Waals surface area contributed by atoms with E-state index in [0.717, 1.165) is 72.4 Å². The molecule has 0 amide bonds. The lowest BCUT2D eigenvalue weighted by Gasteiger charge is -2.58. The van der Waals surface area contributed by atoms with Crippen molar-refractivity contribution in [2.45, 2.75) is 45.1 Å². The fraction of sp³-hybridized carbons (Fsp3) is 0.696. The van der Waals surface area contributed by atoms with Gasteiger partial charge < -0.3 is 15.0 Å². The predicted octanol–water partition coefficient (Wildman–Crippen LogP) is 4.14. The van der Waals surface area contributed by atoms with Crippen molar-refractivity contribution in [1.82, 2.24) is 9.80 Å². The van der Waals surface area contributed by atoms with E-state index in [1.165, 1.54) is 37.7 Å². The van der Waals surface area contributed by atoms with Crippen LogP contribution in [-0.2, 0) is 0 Å². The van der Waals surface area contributed by atoms with E-state index in [9.17, 15) is 0 Å². The van der Waals surface area contributed by atoms with Crippen LogP contribution in [-0.4, -0.2) is 54.2 Å². The molecule has 28 heavy (non-hydrogen) atoms. The van der Waals surface area contributed by atoms with E-state index in [1.807, 2.05) is 6.07 Å². The number of thiocarbonyl (C=S) groups is 1. The number of benzene rings is 1. The quantitative estimate of drug-likeness (QED) is 0.771. The topological polar surface area (TPSA) is 27.7 Å². The van der Waals surface area contributed by atoms with Crippen molar-refractivity contribution in [2.24, 2.45) is 23.7 Å². The number of hydrogen-bond acceptors (Lipinski definition) is 3. The second kappa shape index (κ2) is 7.49. The number of hydrogen-bond donors (Lipinski definition) is 1. The molecule has 6 rings (SSSR count). The van der Waals surface area contributed by atoms with Gasteiger partial charge in [0.1, 0.15) is 5.75 Å². The summed E-state index contributed by atoms with van der Waals surface area (Å²) >= 11 is 5.74. The minimum atomic E-state index is 0.827. The summed E-state index contributed by atoms with van der Waals surface area (Å²) in [5.74, 6) is 4.91. The van der Waals surface area contributed by atoms with Gasteiger partial charge in [-0.3, -0.25) is 4.90 Å². The first-order valence-electron chi connectivity index (χ1n) is 11.1. The van der Waals surface area contributed by atoms with Crippen LogP contribution >= 0.6 is 12.2 Å². The molecule has 1 aromatic carbocycles. The highest BCUT2D eigenvalue weighted by molar-refractivity contribution is 7.80. The first kappa shape index (κ1) is 18.7. The zero-order valence-corrected chi connectivity index (χ0v) is 18.0. The van der Waals surface area contributed by atoms with Gasteiger partial charge in [0.15, 0.2) is 5.11 Å². The molecular formula is C23H33N3OS. The lowest BCUT2D eigenvalue weighted by Crippen LogP contribution is -2.60. The molecule has 1 aliphatic heterocycles. The molecule has 1 heterocycles. The van der Waals surface area contributed by atoms with Crippen molar-refractivity contribution in [3.63, 3.8) is 0 Å². The number of methoxy groups -OCH3 is 1. The summed E-state index contributed by atoms with van der Waals surface area (Å²) in [6.07, 6.45) is 7.56. The molecular weight excluding hydrogens is 366 g/mol. The predicted molar refractivity (Wildman–Crippen MR) is 118 cm³/mol. The molecule has 4 bridgehead atoms. The Bertz CT molecular complexity index is 715. The number of nitrogens with zero attached hydrogens (tertiary/aromatic N) is 2. The van der Waals surface area contributed by atoms with Crippen molar-refractivity contribution in [1.29, 1.82) is 0 Å². The first-order valence-corrected chi connectivity index (χ1v) is 11.5. The Kier molecular flexibility index (Phi) is 5.00. The fourth-order valence-electron chi connectivity index (χ4n) is 6.83. The Morgan fingerprint density at radius 1 is 1.00 bits per heavy atom. The van der Waals surface area contributed by atoms with E-state index in [4.69, 9.17) is 17.0 Å². The van der Waals surface area contributed by atoms with Gasteiger partial charge in [-0.25, -0.2) is 0 Å². The van der Waals surface area contributed by atoms with Gasteiger partial charge in [0.05, 0.1) is 12.8 Å². The van der Waals surface area contributed by atoms with Gasteiger partial charge in [-0.05, 0) is 92.6 Å². The van der Waals surface area contributed by atoms with E-state index in [0.29, 0.717) is 0 Å². The monoisotopic (exact) mass is 399 g/mol. The molecule has 0 aromatic heterocycles. The van der Waals surface area contributed by atoms with E-state index in [-0.39, 0.29) is 0 Å². The molecule has 0 atom stereocenters. The normalized spacial score (nSPS) is 34.5. The molecule has 5 fully saturated rings. The highest BCUT2D eigenvalue weighted by Crippen LogP contribution is 2.55. The van der Waals surface area contributed by atoms with Crippen LogP contribution < -0.4 is 10.1 Å². The Morgan fingerprint density at radius 2 is 1.64 bits per heavy atom. The maximum atomic E-state index is 5.74. The van der Waals surface area contributed by atoms with E-state index < -0.39 is 0 Å². The Hall–Kier alpha value is -1.33. The van der Waals surface area contributed by atoms with Crippen molar-refractivity contribution in [3.05, 3.63) is 23.8 Å². The molecule has 0 spiro atoms. The molecule has 1 saturated heterocycles. The SMILES string of the molecule is COc1ccc(C)cc1NC(=S)N1CCN(C2C3CC4CC(C3)CC2C4)CC1. The van der Waals surface area contributed by atoms with E-state index in [2.05, 4.69) is 34.2 Å². The van der Waals surface area contributed by atoms with Crippen LogP contribution in [0.2, 0.25) is 0 Å². The van der Waals surface area contributed by atoms with Gasteiger partial charge >= 0.3 is 0 Å². The maximum absolute atomic E-state index is 5.74. The third kappa shape index (κ3) is 3.41. The number of anilines is 1. The number of nitrogens with one attached hydrogen (secondary N) is 1. The Balaban J connectivity index is 1.19. The van der Waals surface area contributed by atoms with Crippen LogP contribution in [0.1, 0.15) is 37.7 Å². The molecule has 5 heteroatoms. The molecule has 0 unspecified atom stereocenters. The summed E-state index contributed by atoms with van der Waals surface area (Å²) in [4.78, 5) is 5.16. The third-order valence-electron chi connectivity index (χ3n) is 7.80. The minimum Gasteiger partial charge on any atom is -0.495 e. The van der Waals surface area contributed by atoms with Gasteiger partial charge in [-0.1, -0.05) is 6.07 Å². The van der Waals surface area contributed by atoms with Gasteiger partial charge in [0, 0.05) is 32.2 Å². The van der Waals surface area contributed by atoms with Crippen LogP contribution in [0.3, 0.4) is 0 Å². The lowest BCUT2D eigenvalue weighted by molar-refractivity contribution is -0.0726. The first-order chi connectivity index (χ1) is 13.6. The van der Waals surface area contributed by atoms with Gasteiger partial charge in [-0.2, -0.15) is 0 Å². The van der Waals surface area contributed by atoms with Crippen LogP contribution in [0.4, 0.5) is 5.69 Å². The van der Waals surface area contributed by atoms with E-state index >= 15 is 0 Å². The summed E-state index contributed by atoms with van der Waals surface area (Å²) in [7, 11) is 1.71. The summed E-state index contributed by atoms with van der Waals surface area (Å²) in [5.41, 5.74) is 2.17. The van der Waals surface area contributed by atoms with Crippen LogP contribution in [0.5, 0.6) is 5.75 Å². The second-order valence-corrected chi connectivity index (χ2v) is 9.96. The Morgan fingerprint density at radius 3 is 2.25 bits per heavy atom. The highest BCUT2D eigenvalue weighted by Gasteiger charge is 2.50. The van der Waals surface area contributed by atoms with Crippen molar-refractivity contribution >= 4 is 23.0 Å². The average Bonchev–Trinajstić information content (AvgIpc) is 2.68. The van der Waals surface area contributed by atoms with Crippen molar-refractivity contribution in [2.75, 3.05) is 38.6 Å². The van der Waals surface area contributed by atoms with E-state index in [1.54, 1.807) is 7.11 Å². The average molecular weight is 400 g/mol. The van der Waals surface area contributed by atoms with Gasteiger partial charge in [0.2, 0.25) is 0 Å². The zero-order chi connectivity index (χ0) is 19.3. The molecule has 1 N–H and O–H groups in total. The smallest absolute Gasteiger partial charge is 0.173 e. The molecule has 4 nitrogen and oxygen atoms in total. The molecule has 4 aliphatic carbocycles. The molecule has 1 aromatic rings. The molecule has 0 radical (unpaired) electrons. The lowest BCUT2D eigenvalue weighted by atomic mass is 9.54. The van der Waals surface area contributed by atoms with Crippen molar-refractivity contribution < 1.29 is 4.74 Å². The van der Waals surface area contributed by atoms with Gasteiger partial charge in [0.25, 0.3) is 0 Å². The molecule has 4 saturated carbocycles. The maximum Gasteiger partial charge on any atom is 0.173 e. The van der Waals surface area contributed by atoms with Crippen molar-refractivity contribution in [3.8, 4) is 5.75 Å². The third-order valence-corrected chi connectivity index (χ3v) is 8.16. The number of piperazine rings is 1. The van der Waals surface area contributed by atoms with Crippen LogP contribution in [0.15, 0.2) is 18.2 Å². The summed E-state index contributed by atoms with van der Waals surface area (Å²) in [6, 6.07) is 7.03. The fourth-order valence-corrected chi connectivity index (χ4v) is 7.12. The summed E-state index contributed by atoms with van der Waals surface area (Å²) in [6.45, 7) is 6.46. The number of aryl methyl sites for hydroxylation is 1. The molecule has 152 valence electrons. The minimum absolute atomic E-state index is 0.827.